The molecule has 1 aliphatic rings. The molecule has 206 valence electrons. The van der Waals surface area contributed by atoms with Crippen molar-refractivity contribution in [3.8, 4) is 5.75 Å². The molecule has 39 heavy (non-hydrogen) atoms. The van der Waals surface area contributed by atoms with E-state index in [9.17, 15) is 14.0 Å². The Kier molecular flexibility index (Phi) is 9.27. The van der Waals surface area contributed by atoms with E-state index in [2.05, 4.69) is 37.7 Å². The lowest BCUT2D eigenvalue weighted by atomic mass is 10.1. The van der Waals surface area contributed by atoms with E-state index in [1.807, 2.05) is 0 Å². The van der Waals surface area contributed by atoms with Crippen molar-refractivity contribution < 1.29 is 18.7 Å². The van der Waals surface area contributed by atoms with Gasteiger partial charge in [0.1, 0.15) is 24.0 Å². The molecule has 5 N–H and O–H groups in total. The number of nitrogens with zero attached hydrogens (tertiary/aromatic N) is 3. The van der Waals surface area contributed by atoms with E-state index in [4.69, 9.17) is 10.5 Å². The van der Waals surface area contributed by atoms with E-state index in [-0.39, 0.29) is 41.6 Å². The van der Waals surface area contributed by atoms with Crippen molar-refractivity contribution in [1.29, 1.82) is 0 Å². The van der Waals surface area contributed by atoms with Crippen molar-refractivity contribution in [3.05, 3.63) is 65.6 Å². The van der Waals surface area contributed by atoms with Gasteiger partial charge in [-0.2, -0.15) is 4.98 Å². The molecular weight excluding hydrogens is 501 g/mol. The van der Waals surface area contributed by atoms with Crippen LogP contribution in [0, 0.1) is 5.82 Å². The van der Waals surface area contributed by atoms with E-state index in [1.165, 1.54) is 44.5 Å². The molecule has 0 radical (unpaired) electrons. The van der Waals surface area contributed by atoms with Crippen LogP contribution in [0.2, 0.25) is 0 Å². The van der Waals surface area contributed by atoms with Crippen molar-refractivity contribution >= 4 is 35.0 Å². The highest BCUT2D eigenvalue weighted by molar-refractivity contribution is 5.97. The number of ether oxygens (including phenoxy) is 1. The number of primary amides is 1. The largest absolute Gasteiger partial charge is 0.490 e. The fraction of sp³-hybridized carbons (Fsp3) is 0.357. The Labute approximate surface area is 227 Å². The van der Waals surface area contributed by atoms with Gasteiger partial charge < -0.3 is 26.4 Å². The van der Waals surface area contributed by atoms with Gasteiger partial charge in [0, 0.05) is 31.4 Å². The fourth-order valence-electron chi connectivity index (χ4n) is 4.41. The maximum Gasteiger partial charge on any atom is 0.254 e. The number of hydrogen-bond acceptors (Lipinski definition) is 8. The van der Waals surface area contributed by atoms with Gasteiger partial charge in [-0.25, -0.2) is 9.37 Å². The lowest BCUT2D eigenvalue weighted by Gasteiger charge is -2.32. The lowest BCUT2D eigenvalue weighted by molar-refractivity contribution is -0.114. The quantitative estimate of drug-likeness (QED) is 0.286. The molecule has 2 heterocycles. The van der Waals surface area contributed by atoms with E-state index < -0.39 is 5.91 Å². The average molecular weight is 536 g/mol. The molecule has 10 nitrogen and oxygen atoms in total. The second kappa shape index (κ2) is 13.0. The maximum absolute atomic E-state index is 13.5. The minimum Gasteiger partial charge on any atom is -0.490 e. The summed E-state index contributed by atoms with van der Waals surface area (Å²) in [6.07, 6.45) is 4.99. The summed E-state index contributed by atoms with van der Waals surface area (Å²) in [6, 6.07) is 11.6. The van der Waals surface area contributed by atoms with Gasteiger partial charge in [-0.1, -0.05) is 18.6 Å². The number of hydrogen-bond donors (Lipinski definition) is 4. The Hall–Kier alpha value is -4.25. The number of piperidine rings is 1. The molecule has 2 amide bonds. The topological polar surface area (TPSA) is 135 Å². The summed E-state index contributed by atoms with van der Waals surface area (Å²) in [4.78, 5) is 34.8. The minimum atomic E-state index is -0.698. The molecule has 2 aromatic carbocycles. The number of halogens is 1. The van der Waals surface area contributed by atoms with Gasteiger partial charge in [0.05, 0.1) is 11.3 Å². The van der Waals surface area contributed by atoms with Crippen molar-refractivity contribution in [1.82, 2.24) is 14.9 Å². The van der Waals surface area contributed by atoms with Gasteiger partial charge >= 0.3 is 0 Å². The number of anilines is 4. The molecule has 1 fully saturated rings. The predicted octanol–water partition coefficient (Wildman–Crippen LogP) is 4.28. The van der Waals surface area contributed by atoms with Crippen LogP contribution in [-0.2, 0) is 11.3 Å². The highest BCUT2D eigenvalue weighted by atomic mass is 19.1. The number of carbonyl (C=O) groups is 2. The van der Waals surface area contributed by atoms with Crippen LogP contribution in [-0.4, -0.2) is 52.4 Å². The fourth-order valence-corrected chi connectivity index (χ4v) is 4.41. The van der Waals surface area contributed by atoms with Gasteiger partial charge in [0.2, 0.25) is 11.9 Å². The zero-order chi connectivity index (χ0) is 27.8. The summed E-state index contributed by atoms with van der Waals surface area (Å²) in [7, 11) is 0. The molecular formula is C28H34FN7O3. The Balaban J connectivity index is 1.49. The Bertz CT molecular complexity index is 1310. The van der Waals surface area contributed by atoms with Crippen LogP contribution in [0.3, 0.4) is 0 Å². The Morgan fingerprint density at radius 1 is 1.15 bits per heavy atom. The lowest BCUT2D eigenvalue weighted by Crippen LogP contribution is -2.40. The molecule has 4 rings (SSSR count). The number of amides is 2. The van der Waals surface area contributed by atoms with Gasteiger partial charge in [-0.3, -0.25) is 14.5 Å². The van der Waals surface area contributed by atoms with Gasteiger partial charge in [0.15, 0.2) is 0 Å². The molecule has 0 saturated carbocycles. The third-order valence-corrected chi connectivity index (χ3v) is 6.44. The van der Waals surface area contributed by atoms with Crippen LogP contribution >= 0.6 is 0 Å². The molecule has 0 aliphatic carbocycles. The summed E-state index contributed by atoms with van der Waals surface area (Å²) in [5.41, 5.74) is 7.37. The average Bonchev–Trinajstić information content (AvgIpc) is 2.91. The third-order valence-electron chi connectivity index (χ3n) is 6.44. The molecule has 1 aliphatic heterocycles. The van der Waals surface area contributed by atoms with E-state index in [0.717, 1.165) is 13.1 Å². The van der Waals surface area contributed by atoms with Gasteiger partial charge in [-0.05, 0) is 68.8 Å². The standard InChI is InChI=1S/C28H34FN7O3/c1-18(36-11-4-3-5-12-36)17-39-25-10-9-22(14-24(25)33-19(2)37)34-28-32-16-23(26(30)38)27(35-28)31-15-20-7-6-8-21(29)13-20/h6-10,13-14,16,18H,3-5,11-12,15,17H2,1-2H3,(H2,30,38)(H,33,37)(H2,31,32,34,35). The Morgan fingerprint density at radius 2 is 1.95 bits per heavy atom. The van der Waals surface area contributed by atoms with Crippen molar-refractivity contribution in [2.45, 2.75) is 45.7 Å². The molecule has 0 spiro atoms. The van der Waals surface area contributed by atoms with Gasteiger partial charge in [0.25, 0.3) is 5.91 Å². The van der Waals surface area contributed by atoms with Gasteiger partial charge in [-0.15, -0.1) is 0 Å². The maximum atomic E-state index is 13.5. The molecule has 1 atom stereocenters. The number of benzene rings is 2. The first-order valence-corrected chi connectivity index (χ1v) is 13.0. The molecule has 3 aromatic rings. The monoisotopic (exact) mass is 535 g/mol. The predicted molar refractivity (Wildman–Crippen MR) is 149 cm³/mol. The summed E-state index contributed by atoms with van der Waals surface area (Å²) >= 11 is 0. The highest BCUT2D eigenvalue weighted by Crippen LogP contribution is 2.30. The third kappa shape index (κ3) is 7.87. The molecule has 11 heteroatoms. The number of carbonyl (C=O) groups excluding carboxylic acids is 2. The van der Waals surface area contributed by atoms with Crippen LogP contribution in [0.1, 0.15) is 49.0 Å². The van der Waals surface area contributed by atoms with Crippen LogP contribution in [0.15, 0.2) is 48.7 Å². The first-order valence-electron chi connectivity index (χ1n) is 13.0. The Morgan fingerprint density at radius 3 is 2.67 bits per heavy atom. The first kappa shape index (κ1) is 27.8. The smallest absolute Gasteiger partial charge is 0.254 e. The number of aromatic nitrogens is 2. The molecule has 1 aromatic heterocycles. The van der Waals surface area contributed by atoms with Crippen molar-refractivity contribution in [2.24, 2.45) is 5.73 Å². The second-order valence-electron chi connectivity index (χ2n) is 9.58. The van der Waals surface area contributed by atoms with Crippen LogP contribution in [0.4, 0.5) is 27.5 Å². The van der Waals surface area contributed by atoms with Crippen LogP contribution in [0.5, 0.6) is 5.75 Å². The summed E-state index contributed by atoms with van der Waals surface area (Å²) in [5, 5.41) is 8.93. The van der Waals surface area contributed by atoms with Crippen LogP contribution < -0.4 is 26.4 Å². The van der Waals surface area contributed by atoms with E-state index in [1.54, 1.807) is 30.3 Å². The number of likely N-dealkylation sites (tertiary alicyclic amines) is 1. The SMILES string of the molecule is CC(=O)Nc1cc(Nc2ncc(C(N)=O)c(NCc3cccc(F)c3)n2)ccc1OCC(C)N1CCCCC1. The van der Waals surface area contributed by atoms with Crippen molar-refractivity contribution in [3.63, 3.8) is 0 Å². The number of nitrogens with two attached hydrogens (primary N) is 1. The normalized spacial score (nSPS) is 14.3. The molecule has 1 saturated heterocycles. The summed E-state index contributed by atoms with van der Waals surface area (Å²) < 4.78 is 19.6. The summed E-state index contributed by atoms with van der Waals surface area (Å²) in [5.74, 6) is -0.329. The zero-order valence-electron chi connectivity index (χ0n) is 22.2. The summed E-state index contributed by atoms with van der Waals surface area (Å²) in [6.45, 7) is 6.44. The minimum absolute atomic E-state index is 0.0995. The number of nitrogens with one attached hydrogen (secondary N) is 3. The zero-order valence-corrected chi connectivity index (χ0v) is 22.2. The van der Waals surface area contributed by atoms with Crippen molar-refractivity contribution in [2.75, 3.05) is 35.6 Å². The van der Waals surface area contributed by atoms with E-state index >= 15 is 0 Å². The molecule has 1 unspecified atom stereocenters. The second-order valence-corrected chi connectivity index (χ2v) is 9.58. The van der Waals surface area contributed by atoms with E-state index in [0.29, 0.717) is 29.3 Å². The first-order chi connectivity index (χ1) is 18.8. The molecule has 0 bridgehead atoms. The highest BCUT2D eigenvalue weighted by Gasteiger charge is 2.18. The number of rotatable bonds is 11. The van der Waals surface area contributed by atoms with Crippen LogP contribution in [0.25, 0.3) is 0 Å².